The van der Waals surface area contributed by atoms with Crippen molar-refractivity contribution in [1.82, 2.24) is 20.1 Å². The van der Waals surface area contributed by atoms with Crippen LogP contribution >= 0.6 is 11.8 Å². The fourth-order valence-electron chi connectivity index (χ4n) is 1.19. The molecule has 17 heavy (non-hydrogen) atoms. The van der Waals surface area contributed by atoms with Gasteiger partial charge in [0.05, 0.1) is 12.3 Å². The molecule has 92 valence electrons. The number of hydrogen-bond acceptors (Lipinski definition) is 5. The maximum absolute atomic E-state index is 11.3. The molecule has 0 saturated heterocycles. The Balaban J connectivity index is 2.51. The predicted molar refractivity (Wildman–Crippen MR) is 66.4 cm³/mol. The van der Waals surface area contributed by atoms with Crippen LogP contribution in [0.15, 0.2) is 5.16 Å². The zero-order valence-electron chi connectivity index (χ0n) is 9.64. The molecule has 0 unspecified atom stereocenters. The summed E-state index contributed by atoms with van der Waals surface area (Å²) in [4.78, 5) is 11.3. The minimum absolute atomic E-state index is 0.118. The molecule has 1 aromatic heterocycles. The molecule has 0 spiro atoms. The third-order valence-electron chi connectivity index (χ3n) is 1.97. The van der Waals surface area contributed by atoms with Crippen LogP contribution in [0.25, 0.3) is 0 Å². The lowest BCUT2D eigenvalue weighted by Crippen LogP contribution is -2.25. The van der Waals surface area contributed by atoms with E-state index in [1.54, 1.807) is 0 Å². The first-order valence-corrected chi connectivity index (χ1v) is 6.10. The maximum atomic E-state index is 11.3. The van der Waals surface area contributed by atoms with Gasteiger partial charge in [-0.1, -0.05) is 17.7 Å². The number of hydrogen-bond donors (Lipinski definition) is 2. The third kappa shape index (κ3) is 4.09. The van der Waals surface area contributed by atoms with Crippen molar-refractivity contribution >= 4 is 17.7 Å². The summed E-state index contributed by atoms with van der Waals surface area (Å²) in [6, 6.07) is 0. The van der Waals surface area contributed by atoms with Crippen LogP contribution in [0.3, 0.4) is 0 Å². The van der Waals surface area contributed by atoms with Gasteiger partial charge in [0.2, 0.25) is 5.91 Å². The molecule has 1 rings (SSSR count). The Kier molecular flexibility index (Phi) is 5.52. The zero-order valence-corrected chi connectivity index (χ0v) is 10.5. The number of rotatable bonds is 6. The van der Waals surface area contributed by atoms with Gasteiger partial charge in [0.15, 0.2) is 5.16 Å². The molecule has 0 radical (unpaired) electrons. The highest BCUT2D eigenvalue weighted by atomic mass is 32.2. The fourth-order valence-corrected chi connectivity index (χ4v) is 2.03. The molecule has 1 aromatic rings. The second-order valence-corrected chi connectivity index (χ2v) is 4.18. The SMILES string of the molecule is C#CCNC(=O)CSc1nnc(C)n1CCN. The Bertz CT molecular complexity index is 423. The van der Waals surface area contributed by atoms with Crippen molar-refractivity contribution in [3.63, 3.8) is 0 Å². The van der Waals surface area contributed by atoms with E-state index in [9.17, 15) is 4.79 Å². The topological polar surface area (TPSA) is 85.8 Å². The monoisotopic (exact) mass is 253 g/mol. The Labute approximate surface area is 104 Å². The first kappa shape index (κ1) is 13.5. The van der Waals surface area contributed by atoms with Crippen molar-refractivity contribution in [1.29, 1.82) is 0 Å². The summed E-state index contributed by atoms with van der Waals surface area (Å²) in [6.45, 7) is 3.25. The van der Waals surface area contributed by atoms with E-state index in [0.717, 1.165) is 5.82 Å². The largest absolute Gasteiger partial charge is 0.344 e. The average Bonchev–Trinajstić information content (AvgIpc) is 2.66. The molecule has 7 heteroatoms. The highest BCUT2D eigenvalue weighted by molar-refractivity contribution is 7.99. The normalized spacial score (nSPS) is 9.94. The molecule has 3 N–H and O–H groups in total. The van der Waals surface area contributed by atoms with Crippen LogP contribution in [0.4, 0.5) is 0 Å². The zero-order chi connectivity index (χ0) is 12.7. The number of carbonyl (C=O) groups is 1. The van der Waals surface area contributed by atoms with E-state index in [4.69, 9.17) is 12.2 Å². The summed E-state index contributed by atoms with van der Waals surface area (Å²) in [6.07, 6.45) is 5.04. The Morgan fingerprint density at radius 3 is 3.06 bits per heavy atom. The lowest BCUT2D eigenvalue weighted by molar-refractivity contribution is -0.118. The van der Waals surface area contributed by atoms with Gasteiger partial charge < -0.3 is 15.6 Å². The summed E-state index contributed by atoms with van der Waals surface area (Å²) in [7, 11) is 0. The van der Waals surface area contributed by atoms with Crippen LogP contribution in [-0.4, -0.2) is 39.5 Å². The highest BCUT2D eigenvalue weighted by Gasteiger charge is 2.10. The van der Waals surface area contributed by atoms with Crippen LogP contribution in [-0.2, 0) is 11.3 Å². The van der Waals surface area contributed by atoms with E-state index in [-0.39, 0.29) is 18.2 Å². The van der Waals surface area contributed by atoms with E-state index in [1.807, 2.05) is 11.5 Å². The van der Waals surface area contributed by atoms with Crippen molar-refractivity contribution in [3.8, 4) is 12.3 Å². The van der Waals surface area contributed by atoms with Crippen molar-refractivity contribution in [3.05, 3.63) is 5.82 Å². The number of carbonyl (C=O) groups excluding carboxylic acids is 1. The predicted octanol–water partition coefficient (Wildman–Crippen LogP) is -0.613. The van der Waals surface area contributed by atoms with E-state index in [1.165, 1.54) is 11.8 Å². The van der Waals surface area contributed by atoms with Crippen LogP contribution in [0.2, 0.25) is 0 Å². The molecule has 0 aromatic carbocycles. The van der Waals surface area contributed by atoms with E-state index in [0.29, 0.717) is 18.2 Å². The molecular weight excluding hydrogens is 238 g/mol. The Morgan fingerprint density at radius 1 is 1.65 bits per heavy atom. The summed E-state index contributed by atoms with van der Waals surface area (Å²) in [5.41, 5.74) is 5.49. The van der Waals surface area contributed by atoms with Crippen molar-refractivity contribution < 1.29 is 4.79 Å². The number of aromatic nitrogens is 3. The van der Waals surface area contributed by atoms with Gasteiger partial charge in [-0.25, -0.2) is 0 Å². The number of aryl methyl sites for hydroxylation is 1. The molecule has 1 amide bonds. The number of nitrogens with two attached hydrogens (primary N) is 1. The smallest absolute Gasteiger partial charge is 0.231 e. The summed E-state index contributed by atoms with van der Waals surface area (Å²) in [5.74, 6) is 3.29. The number of nitrogens with zero attached hydrogens (tertiary/aromatic N) is 3. The first-order valence-electron chi connectivity index (χ1n) is 5.12. The van der Waals surface area contributed by atoms with Gasteiger partial charge >= 0.3 is 0 Å². The summed E-state index contributed by atoms with van der Waals surface area (Å²) in [5, 5.41) is 11.2. The molecule has 0 aliphatic heterocycles. The quantitative estimate of drug-likeness (QED) is 0.521. The summed E-state index contributed by atoms with van der Waals surface area (Å²) < 4.78 is 1.89. The van der Waals surface area contributed by atoms with E-state index < -0.39 is 0 Å². The molecule has 0 aliphatic rings. The highest BCUT2D eigenvalue weighted by Crippen LogP contribution is 2.15. The average molecular weight is 253 g/mol. The first-order chi connectivity index (χ1) is 8.19. The third-order valence-corrected chi connectivity index (χ3v) is 2.94. The standard InChI is InChI=1S/C10H15N5OS/c1-3-5-12-9(16)7-17-10-14-13-8(2)15(10)6-4-11/h1H,4-7,11H2,2H3,(H,12,16). The molecule has 0 atom stereocenters. The molecule has 0 saturated carbocycles. The van der Waals surface area contributed by atoms with Crippen molar-refractivity contribution in [2.24, 2.45) is 5.73 Å². The number of nitrogens with one attached hydrogen (secondary N) is 1. The lowest BCUT2D eigenvalue weighted by atomic mass is 10.6. The second-order valence-electron chi connectivity index (χ2n) is 3.24. The molecule has 6 nitrogen and oxygen atoms in total. The van der Waals surface area contributed by atoms with Gasteiger partial charge in [0.25, 0.3) is 0 Å². The second kappa shape index (κ2) is 6.93. The fraction of sp³-hybridized carbons (Fsp3) is 0.500. The van der Waals surface area contributed by atoms with Gasteiger partial charge in [0, 0.05) is 13.1 Å². The van der Waals surface area contributed by atoms with Gasteiger partial charge in [-0.15, -0.1) is 16.6 Å². The van der Waals surface area contributed by atoms with Gasteiger partial charge in [0.1, 0.15) is 5.82 Å². The molecule has 1 heterocycles. The van der Waals surface area contributed by atoms with Crippen LogP contribution in [0.1, 0.15) is 5.82 Å². The molecular formula is C10H15N5OS. The number of amides is 1. The minimum atomic E-state index is -0.118. The molecule has 0 aliphatic carbocycles. The van der Waals surface area contributed by atoms with Crippen LogP contribution in [0.5, 0.6) is 0 Å². The number of terminal acetylenes is 1. The molecule has 0 bridgehead atoms. The van der Waals surface area contributed by atoms with Crippen molar-refractivity contribution in [2.45, 2.75) is 18.6 Å². The maximum Gasteiger partial charge on any atom is 0.231 e. The lowest BCUT2D eigenvalue weighted by Gasteiger charge is -2.06. The van der Waals surface area contributed by atoms with E-state index in [2.05, 4.69) is 21.4 Å². The van der Waals surface area contributed by atoms with Gasteiger partial charge in [-0.2, -0.15) is 0 Å². The van der Waals surface area contributed by atoms with Crippen molar-refractivity contribution in [2.75, 3.05) is 18.8 Å². The van der Waals surface area contributed by atoms with E-state index >= 15 is 0 Å². The van der Waals surface area contributed by atoms with Gasteiger partial charge in [-0.05, 0) is 6.92 Å². The Hall–Kier alpha value is -1.52. The minimum Gasteiger partial charge on any atom is -0.344 e. The number of thioether (sulfide) groups is 1. The Morgan fingerprint density at radius 2 is 2.41 bits per heavy atom. The summed E-state index contributed by atoms with van der Waals surface area (Å²) >= 11 is 1.32. The van der Waals surface area contributed by atoms with Gasteiger partial charge in [-0.3, -0.25) is 4.79 Å². The molecule has 0 fully saturated rings. The van der Waals surface area contributed by atoms with Crippen LogP contribution in [0, 0.1) is 19.3 Å². The van der Waals surface area contributed by atoms with Crippen LogP contribution < -0.4 is 11.1 Å².